The van der Waals surface area contributed by atoms with Crippen LogP contribution in [0, 0.1) is 12.8 Å². The molecule has 0 aromatic heterocycles. The molecule has 2 rings (SSSR count). The summed E-state index contributed by atoms with van der Waals surface area (Å²) in [7, 11) is -3.36. The number of rotatable bonds is 3. The first-order valence-corrected chi connectivity index (χ1v) is 8.09. The summed E-state index contributed by atoms with van der Waals surface area (Å²) in [5.74, 6) is 0.780. The number of alkyl halides is 1. The predicted octanol–water partition coefficient (Wildman–Crippen LogP) is 2.76. The number of nitrogens with zero attached hydrogens (tertiary/aromatic N) is 1. The van der Waals surface area contributed by atoms with Crippen LogP contribution in [0.2, 0.25) is 0 Å². The van der Waals surface area contributed by atoms with E-state index in [1.807, 2.05) is 13.0 Å². The Morgan fingerprint density at radius 3 is 2.72 bits per heavy atom. The van der Waals surface area contributed by atoms with Crippen molar-refractivity contribution in [1.29, 1.82) is 0 Å². The van der Waals surface area contributed by atoms with E-state index in [4.69, 9.17) is 11.6 Å². The Morgan fingerprint density at radius 2 is 2.17 bits per heavy atom. The first-order valence-electron chi connectivity index (χ1n) is 6.11. The molecule has 0 radical (unpaired) electrons. The van der Waals surface area contributed by atoms with Gasteiger partial charge >= 0.3 is 0 Å². The maximum Gasteiger partial charge on any atom is 0.243 e. The monoisotopic (exact) mass is 287 g/mol. The zero-order chi connectivity index (χ0) is 13.3. The normalized spacial score (nSPS) is 21.4. The third kappa shape index (κ3) is 2.42. The van der Waals surface area contributed by atoms with Gasteiger partial charge in [-0.2, -0.15) is 4.31 Å². The van der Waals surface area contributed by atoms with Gasteiger partial charge in [-0.3, -0.25) is 0 Å². The molecule has 1 aliphatic heterocycles. The Balaban J connectivity index is 2.42. The molecule has 0 spiro atoms. The highest BCUT2D eigenvalue weighted by Crippen LogP contribution is 2.27. The van der Waals surface area contributed by atoms with E-state index in [0.29, 0.717) is 29.8 Å². The molecule has 1 unspecified atom stereocenters. The van der Waals surface area contributed by atoms with Crippen molar-refractivity contribution in [3.8, 4) is 0 Å². The average Bonchev–Trinajstić information content (AvgIpc) is 2.76. The van der Waals surface area contributed by atoms with Crippen LogP contribution in [0.1, 0.15) is 24.5 Å². The molecule has 18 heavy (non-hydrogen) atoms. The molecule has 1 aromatic rings. The molecule has 1 aliphatic rings. The van der Waals surface area contributed by atoms with Crippen LogP contribution in [0.3, 0.4) is 0 Å². The summed E-state index contributed by atoms with van der Waals surface area (Å²) in [6.07, 6.45) is 0.938. The SMILES string of the molecule is Cc1c(CCl)cccc1S(=O)(=O)N1CCC(C)C1. The van der Waals surface area contributed by atoms with Crippen molar-refractivity contribution in [2.24, 2.45) is 5.92 Å². The summed E-state index contributed by atoms with van der Waals surface area (Å²) in [6.45, 7) is 5.14. The Morgan fingerprint density at radius 1 is 1.44 bits per heavy atom. The van der Waals surface area contributed by atoms with Crippen molar-refractivity contribution in [3.05, 3.63) is 29.3 Å². The van der Waals surface area contributed by atoms with E-state index in [2.05, 4.69) is 6.92 Å². The maximum atomic E-state index is 12.6. The van der Waals surface area contributed by atoms with Gasteiger partial charge in [-0.25, -0.2) is 8.42 Å². The van der Waals surface area contributed by atoms with Gasteiger partial charge in [0.15, 0.2) is 0 Å². The average molecular weight is 288 g/mol. The second kappa shape index (κ2) is 5.19. The van der Waals surface area contributed by atoms with Crippen LogP contribution in [-0.2, 0) is 15.9 Å². The van der Waals surface area contributed by atoms with E-state index in [9.17, 15) is 8.42 Å². The van der Waals surface area contributed by atoms with Gasteiger partial charge in [0.2, 0.25) is 10.0 Å². The van der Waals surface area contributed by atoms with Gasteiger partial charge in [0.05, 0.1) is 4.90 Å². The van der Waals surface area contributed by atoms with Crippen LogP contribution in [0.5, 0.6) is 0 Å². The highest BCUT2D eigenvalue weighted by Gasteiger charge is 2.31. The van der Waals surface area contributed by atoms with E-state index in [-0.39, 0.29) is 0 Å². The molecule has 0 amide bonds. The number of hydrogen-bond donors (Lipinski definition) is 0. The fraction of sp³-hybridized carbons (Fsp3) is 0.538. The van der Waals surface area contributed by atoms with Crippen LogP contribution < -0.4 is 0 Å². The lowest BCUT2D eigenvalue weighted by Gasteiger charge is -2.18. The van der Waals surface area contributed by atoms with E-state index in [0.717, 1.165) is 17.5 Å². The Kier molecular flexibility index (Phi) is 3.99. The Bertz CT molecular complexity index is 542. The molecule has 1 aromatic carbocycles. The lowest BCUT2D eigenvalue weighted by atomic mass is 10.1. The third-order valence-electron chi connectivity index (χ3n) is 3.54. The van der Waals surface area contributed by atoms with Crippen molar-refractivity contribution in [2.75, 3.05) is 13.1 Å². The molecule has 1 heterocycles. The molecule has 1 atom stereocenters. The van der Waals surface area contributed by atoms with Gasteiger partial charge in [0, 0.05) is 19.0 Å². The molecule has 0 aliphatic carbocycles. The molecule has 3 nitrogen and oxygen atoms in total. The number of hydrogen-bond acceptors (Lipinski definition) is 2. The minimum atomic E-state index is -3.36. The zero-order valence-electron chi connectivity index (χ0n) is 10.7. The van der Waals surface area contributed by atoms with Gasteiger partial charge in [-0.05, 0) is 36.5 Å². The maximum absolute atomic E-state index is 12.6. The number of sulfonamides is 1. The van der Waals surface area contributed by atoms with Crippen molar-refractivity contribution in [1.82, 2.24) is 4.31 Å². The fourth-order valence-corrected chi connectivity index (χ4v) is 4.47. The first kappa shape index (κ1) is 13.8. The standard InChI is InChI=1S/C13H18ClNO2S/c1-10-6-7-15(9-10)18(16,17)13-5-3-4-12(8-14)11(13)2/h3-5,10H,6-9H2,1-2H3. The fourth-order valence-electron chi connectivity index (χ4n) is 2.34. The van der Waals surface area contributed by atoms with E-state index in [1.165, 1.54) is 0 Å². The Hall–Kier alpha value is -0.580. The van der Waals surface area contributed by atoms with Crippen molar-refractivity contribution in [3.63, 3.8) is 0 Å². The van der Waals surface area contributed by atoms with Crippen LogP contribution in [0.4, 0.5) is 0 Å². The molecule has 100 valence electrons. The summed E-state index contributed by atoms with van der Waals surface area (Å²) in [6, 6.07) is 5.30. The van der Waals surface area contributed by atoms with Gasteiger partial charge in [0.25, 0.3) is 0 Å². The van der Waals surface area contributed by atoms with Gasteiger partial charge < -0.3 is 0 Å². The van der Waals surface area contributed by atoms with Crippen LogP contribution in [-0.4, -0.2) is 25.8 Å². The van der Waals surface area contributed by atoms with Crippen LogP contribution >= 0.6 is 11.6 Å². The van der Waals surface area contributed by atoms with Crippen LogP contribution in [0.15, 0.2) is 23.1 Å². The highest BCUT2D eigenvalue weighted by molar-refractivity contribution is 7.89. The third-order valence-corrected chi connectivity index (χ3v) is 5.84. The van der Waals surface area contributed by atoms with Crippen LogP contribution in [0.25, 0.3) is 0 Å². The molecular weight excluding hydrogens is 270 g/mol. The minimum Gasteiger partial charge on any atom is -0.207 e. The second-order valence-electron chi connectivity index (χ2n) is 4.93. The number of halogens is 1. The van der Waals surface area contributed by atoms with Gasteiger partial charge in [-0.1, -0.05) is 19.1 Å². The topological polar surface area (TPSA) is 37.4 Å². The number of benzene rings is 1. The summed E-state index contributed by atoms with van der Waals surface area (Å²) in [5.41, 5.74) is 1.65. The lowest BCUT2D eigenvalue weighted by molar-refractivity contribution is 0.464. The molecule has 1 fully saturated rings. The molecule has 1 saturated heterocycles. The van der Waals surface area contributed by atoms with Crippen molar-refractivity contribution in [2.45, 2.75) is 31.0 Å². The summed E-state index contributed by atoms with van der Waals surface area (Å²) < 4.78 is 26.7. The van der Waals surface area contributed by atoms with Gasteiger partial charge in [0.1, 0.15) is 0 Å². The van der Waals surface area contributed by atoms with E-state index < -0.39 is 10.0 Å². The molecule has 0 saturated carbocycles. The predicted molar refractivity (Wildman–Crippen MR) is 73.3 cm³/mol. The molecular formula is C13H18ClNO2S. The zero-order valence-corrected chi connectivity index (χ0v) is 12.3. The van der Waals surface area contributed by atoms with E-state index in [1.54, 1.807) is 16.4 Å². The molecule has 0 bridgehead atoms. The van der Waals surface area contributed by atoms with Crippen molar-refractivity contribution >= 4 is 21.6 Å². The Labute approximate surface area is 114 Å². The highest BCUT2D eigenvalue weighted by atomic mass is 35.5. The summed E-state index contributed by atoms with van der Waals surface area (Å²) >= 11 is 5.83. The quantitative estimate of drug-likeness (QED) is 0.802. The minimum absolute atomic E-state index is 0.339. The lowest BCUT2D eigenvalue weighted by Crippen LogP contribution is -2.29. The molecule has 5 heteroatoms. The largest absolute Gasteiger partial charge is 0.243 e. The second-order valence-corrected chi connectivity index (χ2v) is 7.10. The smallest absolute Gasteiger partial charge is 0.207 e. The molecule has 0 N–H and O–H groups in total. The first-order chi connectivity index (χ1) is 8.46. The van der Waals surface area contributed by atoms with E-state index >= 15 is 0 Å². The van der Waals surface area contributed by atoms with Crippen molar-refractivity contribution < 1.29 is 8.42 Å². The van der Waals surface area contributed by atoms with Gasteiger partial charge in [-0.15, -0.1) is 11.6 Å². The summed E-state index contributed by atoms with van der Waals surface area (Å²) in [5, 5.41) is 0. The summed E-state index contributed by atoms with van der Waals surface area (Å²) in [4.78, 5) is 0.398.